The number of hydrogen-bond acceptors (Lipinski definition) is 3. The van der Waals surface area contributed by atoms with E-state index < -0.39 is 11.6 Å². The molecule has 0 unspecified atom stereocenters. The van der Waals surface area contributed by atoms with Crippen molar-refractivity contribution in [3.05, 3.63) is 29.8 Å². The van der Waals surface area contributed by atoms with Crippen LogP contribution in [0.15, 0.2) is 18.2 Å². The molecule has 1 N–H and O–H groups in total. The Bertz CT molecular complexity index is 434. The molecule has 98 valence electrons. The predicted octanol–water partition coefficient (Wildman–Crippen LogP) is 1.24. The summed E-state index contributed by atoms with van der Waals surface area (Å²) in [7, 11) is 0. The van der Waals surface area contributed by atoms with Gasteiger partial charge >= 0.3 is 0 Å². The number of amides is 1. The molecule has 1 amide bonds. The molecule has 1 fully saturated rings. The normalized spacial score (nSPS) is 16.6. The maximum Gasteiger partial charge on any atom is 0.238 e. The molecule has 1 aromatic carbocycles. The van der Waals surface area contributed by atoms with E-state index in [0.717, 1.165) is 18.2 Å². The third-order valence-electron chi connectivity index (χ3n) is 2.67. The highest BCUT2D eigenvalue weighted by Crippen LogP contribution is 2.15. The average Bonchev–Trinajstić information content (AvgIpc) is 2.35. The summed E-state index contributed by atoms with van der Waals surface area (Å²) < 4.78 is 31.4. The number of benzene rings is 1. The number of halogens is 2. The standard InChI is InChI=1S/C12H14F2N2O2/c13-9-1-2-10(14)11(7-9)15-12(17)8-16-3-5-18-6-4-16/h1-2,7H,3-6,8H2,(H,15,17). The van der Waals surface area contributed by atoms with Crippen molar-refractivity contribution in [1.29, 1.82) is 0 Å². The third kappa shape index (κ3) is 3.48. The molecule has 0 spiro atoms. The van der Waals surface area contributed by atoms with Crippen molar-refractivity contribution in [2.75, 3.05) is 38.2 Å². The maximum atomic E-state index is 13.3. The van der Waals surface area contributed by atoms with Crippen molar-refractivity contribution in [1.82, 2.24) is 4.90 Å². The highest BCUT2D eigenvalue weighted by atomic mass is 19.1. The zero-order valence-electron chi connectivity index (χ0n) is 9.79. The number of nitrogens with one attached hydrogen (secondary N) is 1. The summed E-state index contributed by atoms with van der Waals surface area (Å²) in [6.45, 7) is 2.65. The Labute approximate surface area is 104 Å². The van der Waals surface area contributed by atoms with Crippen LogP contribution in [0, 0.1) is 11.6 Å². The van der Waals surface area contributed by atoms with Gasteiger partial charge in [-0.3, -0.25) is 9.69 Å². The molecule has 1 aromatic rings. The van der Waals surface area contributed by atoms with Gasteiger partial charge in [-0.25, -0.2) is 8.78 Å². The van der Waals surface area contributed by atoms with Crippen LogP contribution >= 0.6 is 0 Å². The zero-order chi connectivity index (χ0) is 13.0. The smallest absolute Gasteiger partial charge is 0.238 e. The molecular weight excluding hydrogens is 242 g/mol. The number of anilines is 1. The van der Waals surface area contributed by atoms with E-state index in [2.05, 4.69) is 5.32 Å². The molecule has 0 aliphatic carbocycles. The topological polar surface area (TPSA) is 41.6 Å². The molecule has 0 saturated carbocycles. The van der Waals surface area contributed by atoms with Crippen LogP contribution in [0.5, 0.6) is 0 Å². The van der Waals surface area contributed by atoms with Gasteiger partial charge in [-0.2, -0.15) is 0 Å². The van der Waals surface area contributed by atoms with Crippen LogP contribution in [0.2, 0.25) is 0 Å². The van der Waals surface area contributed by atoms with Crippen LogP contribution in [0.1, 0.15) is 0 Å². The van der Waals surface area contributed by atoms with E-state index in [0.29, 0.717) is 26.3 Å². The van der Waals surface area contributed by atoms with Gasteiger partial charge in [0, 0.05) is 19.2 Å². The average molecular weight is 256 g/mol. The Morgan fingerprint density at radius 2 is 2.06 bits per heavy atom. The zero-order valence-corrected chi connectivity index (χ0v) is 9.79. The monoisotopic (exact) mass is 256 g/mol. The van der Waals surface area contributed by atoms with Crippen LogP contribution < -0.4 is 5.32 Å². The number of morpholine rings is 1. The summed E-state index contributed by atoms with van der Waals surface area (Å²) in [6.07, 6.45) is 0. The number of hydrogen-bond donors (Lipinski definition) is 1. The third-order valence-corrected chi connectivity index (χ3v) is 2.67. The first-order chi connectivity index (χ1) is 8.65. The lowest BCUT2D eigenvalue weighted by Gasteiger charge is -2.25. The molecule has 0 atom stereocenters. The lowest BCUT2D eigenvalue weighted by molar-refractivity contribution is -0.118. The van der Waals surface area contributed by atoms with E-state index in [-0.39, 0.29) is 18.1 Å². The summed E-state index contributed by atoms with van der Waals surface area (Å²) in [6, 6.07) is 2.96. The van der Waals surface area contributed by atoms with Gasteiger partial charge in [0.05, 0.1) is 25.4 Å². The number of ether oxygens (including phenoxy) is 1. The Balaban J connectivity index is 1.92. The maximum absolute atomic E-state index is 13.3. The Kier molecular flexibility index (Phi) is 4.22. The highest BCUT2D eigenvalue weighted by molar-refractivity contribution is 5.92. The molecule has 2 rings (SSSR count). The Morgan fingerprint density at radius 3 is 2.78 bits per heavy atom. The molecule has 1 aliphatic heterocycles. The van der Waals surface area contributed by atoms with Crippen molar-refractivity contribution in [2.45, 2.75) is 0 Å². The van der Waals surface area contributed by atoms with Crippen molar-refractivity contribution < 1.29 is 18.3 Å². The van der Waals surface area contributed by atoms with Crippen LogP contribution in [0.3, 0.4) is 0 Å². The second-order valence-corrected chi connectivity index (χ2v) is 4.06. The summed E-state index contributed by atoms with van der Waals surface area (Å²) in [4.78, 5) is 13.6. The number of rotatable bonds is 3. The second-order valence-electron chi connectivity index (χ2n) is 4.06. The molecule has 0 bridgehead atoms. The highest BCUT2D eigenvalue weighted by Gasteiger charge is 2.15. The van der Waals surface area contributed by atoms with E-state index in [1.165, 1.54) is 0 Å². The van der Waals surface area contributed by atoms with Gasteiger partial charge in [0.15, 0.2) is 0 Å². The van der Waals surface area contributed by atoms with E-state index >= 15 is 0 Å². The van der Waals surface area contributed by atoms with E-state index in [4.69, 9.17) is 4.74 Å². The van der Waals surface area contributed by atoms with Crippen LogP contribution in [0.4, 0.5) is 14.5 Å². The summed E-state index contributed by atoms with van der Waals surface area (Å²) in [5, 5.41) is 2.36. The van der Waals surface area contributed by atoms with Crippen LogP contribution in [-0.4, -0.2) is 43.7 Å². The van der Waals surface area contributed by atoms with Crippen molar-refractivity contribution >= 4 is 11.6 Å². The van der Waals surface area contributed by atoms with Crippen molar-refractivity contribution in [3.8, 4) is 0 Å². The fraction of sp³-hybridized carbons (Fsp3) is 0.417. The van der Waals surface area contributed by atoms with Crippen LogP contribution in [-0.2, 0) is 9.53 Å². The first-order valence-electron chi connectivity index (χ1n) is 5.70. The van der Waals surface area contributed by atoms with E-state index in [9.17, 15) is 13.6 Å². The van der Waals surface area contributed by atoms with E-state index in [1.807, 2.05) is 4.90 Å². The summed E-state index contributed by atoms with van der Waals surface area (Å²) in [5.74, 6) is -1.59. The number of carbonyl (C=O) groups is 1. The minimum atomic E-state index is -0.647. The lowest BCUT2D eigenvalue weighted by Crippen LogP contribution is -2.41. The Hall–Kier alpha value is -1.53. The lowest BCUT2D eigenvalue weighted by atomic mass is 10.3. The van der Waals surface area contributed by atoms with Gasteiger partial charge < -0.3 is 10.1 Å². The molecule has 18 heavy (non-hydrogen) atoms. The van der Waals surface area contributed by atoms with Gasteiger partial charge in [-0.1, -0.05) is 0 Å². The molecule has 0 aromatic heterocycles. The van der Waals surface area contributed by atoms with Gasteiger partial charge in [-0.05, 0) is 12.1 Å². The fourth-order valence-corrected chi connectivity index (χ4v) is 1.75. The molecule has 0 radical (unpaired) electrons. The van der Waals surface area contributed by atoms with E-state index in [1.54, 1.807) is 0 Å². The van der Waals surface area contributed by atoms with Gasteiger partial charge in [-0.15, -0.1) is 0 Å². The second kappa shape index (κ2) is 5.88. The SMILES string of the molecule is O=C(CN1CCOCC1)Nc1cc(F)ccc1F. The van der Waals surface area contributed by atoms with Crippen molar-refractivity contribution in [3.63, 3.8) is 0 Å². The van der Waals surface area contributed by atoms with Crippen molar-refractivity contribution in [2.24, 2.45) is 0 Å². The minimum absolute atomic E-state index is 0.131. The quantitative estimate of drug-likeness (QED) is 0.884. The number of carbonyl (C=O) groups excluding carboxylic acids is 1. The molecule has 4 nitrogen and oxygen atoms in total. The minimum Gasteiger partial charge on any atom is -0.379 e. The number of nitrogens with zero attached hydrogens (tertiary/aromatic N) is 1. The molecule has 1 aliphatic rings. The first-order valence-corrected chi connectivity index (χ1v) is 5.70. The van der Waals surface area contributed by atoms with Crippen LogP contribution in [0.25, 0.3) is 0 Å². The molecule has 1 saturated heterocycles. The largest absolute Gasteiger partial charge is 0.379 e. The summed E-state index contributed by atoms with van der Waals surface area (Å²) >= 11 is 0. The molecular formula is C12H14F2N2O2. The van der Waals surface area contributed by atoms with Gasteiger partial charge in [0.2, 0.25) is 5.91 Å². The first kappa shape index (κ1) is 12.9. The van der Waals surface area contributed by atoms with Gasteiger partial charge in [0.1, 0.15) is 11.6 Å². The fourth-order valence-electron chi connectivity index (χ4n) is 1.75. The molecule has 6 heteroatoms. The predicted molar refractivity (Wildman–Crippen MR) is 62.2 cm³/mol. The summed E-state index contributed by atoms with van der Waals surface area (Å²) in [5.41, 5.74) is -0.131. The van der Waals surface area contributed by atoms with Gasteiger partial charge in [0.25, 0.3) is 0 Å². The molecule has 1 heterocycles. The Morgan fingerprint density at radius 1 is 1.33 bits per heavy atom.